The van der Waals surface area contributed by atoms with Crippen LogP contribution >= 0.6 is 0 Å². The van der Waals surface area contributed by atoms with Crippen LogP contribution in [0.3, 0.4) is 0 Å². The van der Waals surface area contributed by atoms with Crippen molar-refractivity contribution in [1.29, 1.82) is 0 Å². The average molecular weight is 423 g/mol. The SMILES string of the molecule is Cc1cc(C)c(-n2cccn2)c(CNC[C@H]2C[C@@H](CO)N(C)[C@H]2c2ccccc2F)c1. The van der Waals surface area contributed by atoms with Gasteiger partial charge in [-0.2, -0.15) is 5.10 Å². The molecule has 2 heterocycles. The fourth-order valence-corrected chi connectivity index (χ4v) is 5.09. The molecule has 3 atom stereocenters. The fraction of sp³-hybridized carbons (Fsp3) is 0.400. The van der Waals surface area contributed by atoms with Crippen LogP contribution < -0.4 is 5.32 Å². The molecule has 2 N–H and O–H groups in total. The van der Waals surface area contributed by atoms with Crippen molar-refractivity contribution in [2.75, 3.05) is 20.2 Å². The van der Waals surface area contributed by atoms with Crippen molar-refractivity contribution >= 4 is 0 Å². The highest BCUT2D eigenvalue weighted by atomic mass is 19.1. The van der Waals surface area contributed by atoms with Crippen LogP contribution in [-0.2, 0) is 6.54 Å². The van der Waals surface area contributed by atoms with E-state index >= 15 is 0 Å². The Morgan fingerprint density at radius 2 is 2.00 bits per heavy atom. The largest absolute Gasteiger partial charge is 0.395 e. The number of hydrogen-bond donors (Lipinski definition) is 2. The van der Waals surface area contributed by atoms with Crippen LogP contribution in [0.2, 0.25) is 0 Å². The minimum Gasteiger partial charge on any atom is -0.395 e. The predicted molar refractivity (Wildman–Crippen MR) is 121 cm³/mol. The Bertz CT molecular complexity index is 1020. The second kappa shape index (κ2) is 9.30. The highest BCUT2D eigenvalue weighted by Crippen LogP contribution is 2.40. The van der Waals surface area contributed by atoms with Gasteiger partial charge in [-0.05, 0) is 56.5 Å². The van der Waals surface area contributed by atoms with Crippen molar-refractivity contribution in [3.05, 3.63) is 82.9 Å². The summed E-state index contributed by atoms with van der Waals surface area (Å²) in [4.78, 5) is 2.12. The molecule has 2 aromatic carbocycles. The Hall–Kier alpha value is -2.54. The van der Waals surface area contributed by atoms with Crippen molar-refractivity contribution in [2.24, 2.45) is 5.92 Å². The van der Waals surface area contributed by atoms with E-state index in [9.17, 15) is 9.50 Å². The van der Waals surface area contributed by atoms with E-state index in [1.807, 2.05) is 36.1 Å². The molecule has 3 aromatic rings. The van der Waals surface area contributed by atoms with Crippen LogP contribution in [0.1, 0.15) is 34.7 Å². The average Bonchev–Trinajstić information content (AvgIpc) is 3.36. The molecule has 1 aliphatic heterocycles. The molecule has 164 valence electrons. The molecule has 1 aromatic heterocycles. The van der Waals surface area contributed by atoms with Crippen molar-refractivity contribution < 1.29 is 9.50 Å². The number of halogens is 1. The molecule has 6 heteroatoms. The normalized spacial score (nSPS) is 21.6. The lowest BCUT2D eigenvalue weighted by Gasteiger charge is -2.28. The number of likely N-dealkylation sites (N-methyl/N-ethyl adjacent to an activating group) is 1. The molecular formula is C25H31FN4O. The molecule has 0 unspecified atom stereocenters. The predicted octanol–water partition coefficient (Wildman–Crippen LogP) is 3.77. The van der Waals surface area contributed by atoms with Gasteiger partial charge in [-0.15, -0.1) is 0 Å². The van der Waals surface area contributed by atoms with Crippen molar-refractivity contribution in [1.82, 2.24) is 20.0 Å². The molecule has 5 nitrogen and oxygen atoms in total. The van der Waals surface area contributed by atoms with Crippen LogP contribution in [0.4, 0.5) is 4.39 Å². The highest BCUT2D eigenvalue weighted by Gasteiger charge is 2.40. The second-order valence-corrected chi connectivity index (χ2v) is 8.64. The maximum absolute atomic E-state index is 14.6. The third-order valence-electron chi connectivity index (χ3n) is 6.45. The van der Waals surface area contributed by atoms with Gasteiger partial charge < -0.3 is 10.4 Å². The molecule has 0 bridgehead atoms. The topological polar surface area (TPSA) is 53.3 Å². The van der Waals surface area contributed by atoms with E-state index in [1.165, 1.54) is 22.8 Å². The number of aryl methyl sites for hydroxylation is 2. The first-order valence-corrected chi connectivity index (χ1v) is 10.9. The summed E-state index contributed by atoms with van der Waals surface area (Å²) in [5.41, 5.74) is 5.40. The summed E-state index contributed by atoms with van der Waals surface area (Å²) in [5, 5.41) is 17.9. The van der Waals surface area contributed by atoms with Crippen molar-refractivity contribution in [3.8, 4) is 5.69 Å². The summed E-state index contributed by atoms with van der Waals surface area (Å²) in [7, 11) is 1.98. The number of hydrogen-bond acceptors (Lipinski definition) is 4. The lowest BCUT2D eigenvalue weighted by Crippen LogP contribution is -2.32. The van der Waals surface area contributed by atoms with Gasteiger partial charge >= 0.3 is 0 Å². The lowest BCUT2D eigenvalue weighted by atomic mass is 9.92. The Kier molecular flexibility index (Phi) is 6.51. The molecule has 4 rings (SSSR count). The molecule has 1 saturated heterocycles. The van der Waals surface area contributed by atoms with Gasteiger partial charge in [0.15, 0.2) is 0 Å². The van der Waals surface area contributed by atoms with E-state index in [1.54, 1.807) is 12.3 Å². The Balaban J connectivity index is 1.53. The van der Waals surface area contributed by atoms with Crippen molar-refractivity contribution in [3.63, 3.8) is 0 Å². The summed E-state index contributed by atoms with van der Waals surface area (Å²) >= 11 is 0. The molecule has 0 aliphatic carbocycles. The Morgan fingerprint density at radius 3 is 2.71 bits per heavy atom. The third-order valence-corrected chi connectivity index (χ3v) is 6.45. The monoisotopic (exact) mass is 422 g/mol. The zero-order chi connectivity index (χ0) is 22.0. The van der Waals surface area contributed by atoms with Gasteiger partial charge in [-0.25, -0.2) is 9.07 Å². The lowest BCUT2D eigenvalue weighted by molar-refractivity contribution is 0.151. The zero-order valence-electron chi connectivity index (χ0n) is 18.4. The van der Waals surface area contributed by atoms with E-state index in [4.69, 9.17) is 0 Å². The molecule has 0 saturated carbocycles. The summed E-state index contributed by atoms with van der Waals surface area (Å²) in [5.74, 6) is 0.0244. The van der Waals surface area contributed by atoms with Crippen LogP contribution in [0.25, 0.3) is 5.69 Å². The van der Waals surface area contributed by atoms with Gasteiger partial charge in [-0.1, -0.05) is 35.9 Å². The van der Waals surface area contributed by atoms with Crippen LogP contribution in [-0.4, -0.2) is 46.0 Å². The molecule has 31 heavy (non-hydrogen) atoms. The minimum absolute atomic E-state index is 0.0391. The first kappa shape index (κ1) is 21.7. The molecule has 1 aliphatic rings. The second-order valence-electron chi connectivity index (χ2n) is 8.64. The standard InChI is InChI=1S/C25H31FN4O/c1-17-11-18(2)24(30-10-6-9-28-30)19(12-17)14-27-15-20-13-21(16-31)29(3)25(20)22-7-4-5-8-23(22)26/h4-12,20-21,25,27,31H,13-16H2,1-3H3/t20-,21+,25-/m1/s1. The van der Waals surface area contributed by atoms with E-state index in [-0.39, 0.29) is 30.4 Å². The van der Waals surface area contributed by atoms with E-state index in [0.717, 1.165) is 18.7 Å². The first-order chi connectivity index (χ1) is 15.0. The van der Waals surface area contributed by atoms with Crippen LogP contribution in [0.5, 0.6) is 0 Å². The molecular weight excluding hydrogens is 391 g/mol. The number of aliphatic hydroxyl groups excluding tert-OH is 1. The van der Waals surface area contributed by atoms with Gasteiger partial charge in [0.1, 0.15) is 5.82 Å². The van der Waals surface area contributed by atoms with E-state index < -0.39 is 0 Å². The maximum Gasteiger partial charge on any atom is 0.127 e. The number of nitrogens with zero attached hydrogens (tertiary/aromatic N) is 3. The Morgan fingerprint density at radius 1 is 1.19 bits per heavy atom. The number of likely N-dealkylation sites (tertiary alicyclic amines) is 1. The first-order valence-electron chi connectivity index (χ1n) is 10.9. The molecule has 0 radical (unpaired) electrons. The van der Waals surface area contributed by atoms with Crippen LogP contribution in [0.15, 0.2) is 54.9 Å². The number of aliphatic hydroxyl groups is 1. The van der Waals surface area contributed by atoms with Gasteiger partial charge in [0.05, 0.1) is 12.3 Å². The summed E-state index contributed by atoms with van der Waals surface area (Å²) < 4.78 is 16.5. The summed E-state index contributed by atoms with van der Waals surface area (Å²) in [6, 6.07) is 13.3. The molecule has 0 amide bonds. The third kappa shape index (κ3) is 4.42. The van der Waals surface area contributed by atoms with E-state index in [0.29, 0.717) is 12.1 Å². The number of benzene rings is 2. The van der Waals surface area contributed by atoms with Gasteiger partial charge in [-0.3, -0.25) is 4.90 Å². The quantitative estimate of drug-likeness (QED) is 0.609. The fourth-order valence-electron chi connectivity index (χ4n) is 5.09. The number of rotatable bonds is 7. The molecule has 0 spiro atoms. The van der Waals surface area contributed by atoms with Crippen molar-refractivity contribution in [2.45, 2.75) is 38.9 Å². The van der Waals surface area contributed by atoms with Gasteiger partial charge in [0, 0.05) is 43.1 Å². The highest BCUT2D eigenvalue weighted by molar-refractivity contribution is 5.49. The summed E-state index contributed by atoms with van der Waals surface area (Å²) in [6.07, 6.45) is 4.59. The van der Waals surface area contributed by atoms with Gasteiger partial charge in [0.2, 0.25) is 0 Å². The van der Waals surface area contributed by atoms with E-state index in [2.05, 4.69) is 41.3 Å². The van der Waals surface area contributed by atoms with Crippen LogP contribution in [0, 0.1) is 25.6 Å². The Labute approximate surface area is 183 Å². The minimum atomic E-state index is -0.182. The number of nitrogens with one attached hydrogen (secondary N) is 1. The summed E-state index contributed by atoms with van der Waals surface area (Å²) in [6.45, 7) is 5.74. The zero-order valence-corrected chi connectivity index (χ0v) is 18.4. The number of aromatic nitrogens is 2. The smallest absolute Gasteiger partial charge is 0.127 e. The molecule has 1 fully saturated rings. The van der Waals surface area contributed by atoms with Gasteiger partial charge in [0.25, 0.3) is 0 Å². The maximum atomic E-state index is 14.6.